The average Bonchev–Trinajstić information content (AvgIpc) is 4.12. The predicted octanol–water partition coefficient (Wildman–Crippen LogP) is 12.4. The molecule has 10 N–H and O–H groups in total. The van der Waals surface area contributed by atoms with Gasteiger partial charge in [-0.2, -0.15) is 0 Å². The highest BCUT2D eigenvalue weighted by Crippen LogP contribution is 2.42. The van der Waals surface area contributed by atoms with Crippen molar-refractivity contribution in [3.63, 3.8) is 0 Å². The lowest BCUT2D eigenvalue weighted by molar-refractivity contribution is 0.483. The maximum Gasteiger partial charge on any atom is 0.164 e. The number of aromatic nitrogens is 8. The third kappa shape index (κ3) is 7.81. The number of aromatic amines is 2. The highest BCUT2D eigenvalue weighted by Gasteiger charge is 2.24. The lowest BCUT2D eigenvalue weighted by Gasteiger charge is -2.08. The summed E-state index contributed by atoms with van der Waals surface area (Å²) in [4.78, 5) is 38.2. The van der Waals surface area contributed by atoms with Crippen LogP contribution in [0.15, 0.2) is 170 Å². The summed E-state index contributed by atoms with van der Waals surface area (Å²) in [6.45, 7) is 0. The van der Waals surface area contributed by atoms with Crippen LogP contribution in [0.3, 0.4) is 0 Å². The molecule has 11 aromatic rings. The molecule has 8 aromatic carbocycles. The number of benzene rings is 8. The first kappa shape index (κ1) is 41.7. The molecular formula is C56H38N12O4. The molecule has 2 aliphatic rings. The van der Waals surface area contributed by atoms with Crippen molar-refractivity contribution < 1.29 is 18.9 Å². The van der Waals surface area contributed by atoms with Crippen LogP contribution in [0.25, 0.3) is 89.7 Å². The van der Waals surface area contributed by atoms with Gasteiger partial charge in [0.15, 0.2) is 23.3 Å². The zero-order chi connectivity index (χ0) is 48.5. The normalized spacial score (nSPS) is 11.6. The molecular weight excluding hydrogens is 905 g/mol. The van der Waals surface area contributed by atoms with E-state index >= 15 is 0 Å². The Hall–Kier alpha value is -10.5. The molecule has 0 spiro atoms. The topological polar surface area (TPSA) is 250 Å². The molecule has 3 aromatic heterocycles. The van der Waals surface area contributed by atoms with E-state index in [-0.39, 0.29) is 0 Å². The first-order valence-corrected chi connectivity index (χ1v) is 22.7. The second-order valence-electron chi connectivity index (χ2n) is 17.1. The number of hydrogen-bond donors (Lipinski definition) is 6. The van der Waals surface area contributed by atoms with Gasteiger partial charge in [0.05, 0.1) is 0 Å². The Morgan fingerprint density at radius 3 is 0.847 bits per heavy atom. The van der Waals surface area contributed by atoms with E-state index in [9.17, 15) is 0 Å². The number of nitrogens with two attached hydrogens (primary N) is 4. The summed E-state index contributed by atoms with van der Waals surface area (Å²) in [5.41, 5.74) is 31.2. The minimum atomic E-state index is 0.386. The van der Waals surface area contributed by atoms with Gasteiger partial charge in [-0.25, -0.2) is 29.9 Å². The minimum absolute atomic E-state index is 0.386. The molecule has 13 rings (SSSR count). The fraction of sp³-hybridized carbons (Fsp3) is 0. The monoisotopic (exact) mass is 942 g/mol. The molecule has 8 bridgehead atoms. The van der Waals surface area contributed by atoms with Gasteiger partial charge in [-0.1, -0.05) is 0 Å². The number of nitrogens with zero attached hydrogens (tertiary/aromatic N) is 6. The number of nitrogen functional groups attached to an aromatic ring is 4. The molecule has 0 saturated heterocycles. The molecule has 16 heteroatoms. The number of rotatable bonds is 8. The molecule has 72 heavy (non-hydrogen) atoms. The van der Waals surface area contributed by atoms with E-state index in [4.69, 9.17) is 71.8 Å². The van der Waals surface area contributed by atoms with Crippen LogP contribution < -0.4 is 41.9 Å². The van der Waals surface area contributed by atoms with Crippen LogP contribution in [0.1, 0.15) is 0 Å². The molecule has 0 saturated carbocycles. The van der Waals surface area contributed by atoms with Crippen LogP contribution in [0.2, 0.25) is 0 Å². The van der Waals surface area contributed by atoms with Gasteiger partial charge in [-0.3, -0.25) is 0 Å². The molecule has 16 nitrogen and oxygen atoms in total. The van der Waals surface area contributed by atoms with Crippen molar-refractivity contribution >= 4 is 66.9 Å². The van der Waals surface area contributed by atoms with Crippen LogP contribution in [-0.4, -0.2) is 39.9 Å². The van der Waals surface area contributed by atoms with Gasteiger partial charge in [0, 0.05) is 66.5 Å². The number of nitrogens with one attached hydrogen (secondary N) is 2. The lowest BCUT2D eigenvalue weighted by Crippen LogP contribution is -1.88. The summed E-state index contributed by atoms with van der Waals surface area (Å²) in [5.74, 6) is 6.30. The van der Waals surface area contributed by atoms with Crippen molar-refractivity contribution in [2.24, 2.45) is 0 Å². The predicted molar refractivity (Wildman–Crippen MR) is 280 cm³/mol. The molecule has 0 aliphatic carbocycles. The Bertz CT molecular complexity index is 3870. The maximum atomic E-state index is 6.34. The van der Waals surface area contributed by atoms with Crippen molar-refractivity contribution in [1.82, 2.24) is 39.9 Å². The van der Waals surface area contributed by atoms with Crippen molar-refractivity contribution in [2.45, 2.75) is 0 Å². The van der Waals surface area contributed by atoms with Gasteiger partial charge in [0.2, 0.25) is 0 Å². The van der Waals surface area contributed by atoms with Crippen molar-refractivity contribution in [3.05, 3.63) is 170 Å². The van der Waals surface area contributed by atoms with Gasteiger partial charge >= 0.3 is 0 Å². The summed E-state index contributed by atoms with van der Waals surface area (Å²) in [6, 6.07) is 51.7. The smallest absolute Gasteiger partial charge is 0.164 e. The van der Waals surface area contributed by atoms with Gasteiger partial charge in [0.25, 0.3) is 0 Å². The van der Waals surface area contributed by atoms with E-state index < -0.39 is 0 Å². The number of fused-ring (bicyclic) bond motifs is 20. The van der Waals surface area contributed by atoms with Crippen LogP contribution >= 0.6 is 0 Å². The Morgan fingerprint density at radius 2 is 0.514 bits per heavy atom. The maximum absolute atomic E-state index is 6.34. The first-order valence-electron chi connectivity index (χ1n) is 22.7. The fourth-order valence-corrected chi connectivity index (χ4v) is 8.65. The first-order chi connectivity index (χ1) is 35.2. The molecule has 2 aliphatic heterocycles. The summed E-state index contributed by atoms with van der Waals surface area (Å²) >= 11 is 0. The number of anilines is 4. The minimum Gasteiger partial charge on any atom is -0.457 e. The van der Waals surface area contributed by atoms with Gasteiger partial charge in [-0.05, 0) is 170 Å². The Balaban J connectivity index is 1.06. The fourth-order valence-electron chi connectivity index (χ4n) is 8.65. The molecule has 346 valence electrons. The highest BCUT2D eigenvalue weighted by molar-refractivity contribution is 6.07. The summed E-state index contributed by atoms with van der Waals surface area (Å²) in [7, 11) is 0. The lowest BCUT2D eigenvalue weighted by atomic mass is 10.1. The van der Waals surface area contributed by atoms with E-state index in [1.54, 1.807) is 48.5 Å². The van der Waals surface area contributed by atoms with Crippen LogP contribution in [0.5, 0.6) is 46.0 Å². The SMILES string of the molecule is Nc1ccc(Oc2ccc3c(c2)-c2nc-3nc3[nH]c(nc4nc(nc5[nH]c(n2)c2ccc(Oc6ccc(N)cc6)cc52)-c2ccc(Oc5ccc(N)cc5)cc2-4)c2ccc(Oc4ccc(N)cc4)cc32)cc1. The second kappa shape index (κ2) is 16.6. The molecule has 0 unspecified atom stereocenters. The van der Waals surface area contributed by atoms with Gasteiger partial charge in [0.1, 0.15) is 68.6 Å². The quantitative estimate of drug-likeness (QED) is 0.0776. The second-order valence-corrected chi connectivity index (χ2v) is 17.1. The molecule has 0 atom stereocenters. The molecule has 0 fully saturated rings. The summed E-state index contributed by atoms with van der Waals surface area (Å²) in [6.07, 6.45) is 0. The van der Waals surface area contributed by atoms with Crippen LogP contribution in [-0.2, 0) is 0 Å². The third-order valence-corrected chi connectivity index (χ3v) is 12.2. The van der Waals surface area contributed by atoms with E-state index in [1.807, 2.05) is 121 Å². The van der Waals surface area contributed by atoms with E-state index in [0.717, 1.165) is 21.9 Å². The van der Waals surface area contributed by atoms with Crippen molar-refractivity contribution in [2.75, 3.05) is 22.9 Å². The Kier molecular flexibility index (Phi) is 9.63. The number of ether oxygens (including phenoxy) is 4. The standard InChI is InChI=1S/C56H38N12O4/c57-29-1-9-33(10-2-29)69-37-17-21-41-45(25-37)53-61-49(41)66-54-47-27-39(71-35-13-5-31(59)6-14-35)19-23-43(47)51(63-54)68-56-48-28-40(72-36-15-7-32(60)8-16-36)20-24-44(48)52(64-56)67-55-46-26-38(18-22-42(46)50(62-55)65-53)70-34-11-3-30(58)4-12-34/h1-28H,57-60H2,(H2,61,62,63,64,65,66,67,68). The van der Waals surface area contributed by atoms with E-state index in [2.05, 4.69) is 9.97 Å². The third-order valence-electron chi connectivity index (χ3n) is 12.2. The number of hydrogen-bond acceptors (Lipinski definition) is 14. The highest BCUT2D eigenvalue weighted by atomic mass is 16.5. The average molecular weight is 943 g/mol. The van der Waals surface area contributed by atoms with Crippen molar-refractivity contribution in [3.8, 4) is 91.5 Å². The number of H-pyrrole nitrogens is 2. The largest absolute Gasteiger partial charge is 0.457 e. The zero-order valence-corrected chi connectivity index (χ0v) is 37.8. The molecule has 0 radical (unpaired) electrons. The van der Waals surface area contributed by atoms with Crippen LogP contribution in [0.4, 0.5) is 22.7 Å². The van der Waals surface area contributed by atoms with Gasteiger partial charge in [-0.15, -0.1) is 0 Å². The Morgan fingerprint density at radius 1 is 0.250 bits per heavy atom. The summed E-state index contributed by atoms with van der Waals surface area (Å²) < 4.78 is 25.3. The van der Waals surface area contributed by atoms with Crippen LogP contribution in [0, 0.1) is 0 Å². The molecule has 0 amide bonds. The zero-order valence-electron chi connectivity index (χ0n) is 37.8. The Labute approximate surface area is 408 Å². The van der Waals surface area contributed by atoms with Crippen molar-refractivity contribution in [1.29, 1.82) is 0 Å². The van der Waals surface area contributed by atoms with E-state index in [0.29, 0.717) is 137 Å². The molecule has 5 heterocycles. The van der Waals surface area contributed by atoms with E-state index in [1.165, 1.54) is 0 Å². The van der Waals surface area contributed by atoms with Gasteiger partial charge < -0.3 is 51.9 Å². The summed E-state index contributed by atoms with van der Waals surface area (Å²) in [5, 5.41) is 2.93.